The van der Waals surface area contributed by atoms with E-state index in [2.05, 4.69) is 16.0 Å². The Bertz CT molecular complexity index is 1020. The molecule has 182 valence electrons. The summed E-state index contributed by atoms with van der Waals surface area (Å²) in [6, 6.07) is 3.23. The van der Waals surface area contributed by atoms with E-state index in [-0.39, 0.29) is 36.6 Å². The Kier molecular flexibility index (Phi) is 7.56. The van der Waals surface area contributed by atoms with E-state index in [9.17, 15) is 18.4 Å². The normalized spacial score (nSPS) is 19.3. The van der Waals surface area contributed by atoms with Gasteiger partial charge in [0.15, 0.2) is 5.76 Å². The van der Waals surface area contributed by atoms with Crippen LogP contribution >= 0.6 is 11.6 Å². The summed E-state index contributed by atoms with van der Waals surface area (Å²) in [5.41, 5.74) is 1.58. The number of carbonyl (C=O) groups excluding carboxylic acids is 2. The molecule has 3 N–H and O–H groups in total. The highest BCUT2D eigenvalue weighted by molar-refractivity contribution is 6.35. The molecular formula is C24H32ClF2N3O3. The fourth-order valence-electron chi connectivity index (χ4n) is 4.22. The van der Waals surface area contributed by atoms with Gasteiger partial charge < -0.3 is 20.4 Å². The van der Waals surface area contributed by atoms with Crippen molar-refractivity contribution in [1.29, 1.82) is 0 Å². The van der Waals surface area contributed by atoms with Gasteiger partial charge in [0, 0.05) is 29.8 Å². The second kappa shape index (κ2) is 9.87. The molecule has 2 aliphatic carbocycles. The molecule has 2 aromatic rings. The number of carbonyl (C=O) groups is 2. The largest absolute Gasteiger partial charge is 0.450 e. The number of fused-ring (bicyclic) bond motifs is 4. The van der Waals surface area contributed by atoms with Crippen molar-refractivity contribution < 1.29 is 22.8 Å². The third-order valence-corrected chi connectivity index (χ3v) is 6.11. The topological polar surface area (TPSA) is 83.4 Å². The number of anilines is 1. The summed E-state index contributed by atoms with van der Waals surface area (Å²) < 4.78 is 28.2. The first kappa shape index (κ1) is 25.3. The van der Waals surface area contributed by atoms with E-state index < -0.39 is 11.5 Å². The fraction of sp³-hybridized carbons (Fsp3) is 0.583. The average Bonchev–Trinajstić information content (AvgIpc) is 3.29. The average molecular weight is 484 g/mol. The highest BCUT2D eigenvalue weighted by Gasteiger charge is 2.44. The van der Waals surface area contributed by atoms with E-state index >= 15 is 0 Å². The van der Waals surface area contributed by atoms with Crippen molar-refractivity contribution in [3.8, 4) is 0 Å². The van der Waals surface area contributed by atoms with Gasteiger partial charge in [0.1, 0.15) is 5.58 Å². The molecule has 2 saturated carbocycles. The maximum absolute atomic E-state index is 12.4. The summed E-state index contributed by atoms with van der Waals surface area (Å²) >= 11 is 6.48. The van der Waals surface area contributed by atoms with Crippen molar-refractivity contribution in [2.75, 3.05) is 5.32 Å². The van der Waals surface area contributed by atoms with Gasteiger partial charge >= 0.3 is 6.03 Å². The minimum Gasteiger partial charge on any atom is -0.450 e. The Hall–Kier alpha value is -2.35. The van der Waals surface area contributed by atoms with Crippen molar-refractivity contribution in [3.05, 3.63) is 28.5 Å². The van der Waals surface area contributed by atoms with Gasteiger partial charge in [-0.15, -0.1) is 0 Å². The number of hydrogen-bond donors (Lipinski definition) is 3. The Balaban J connectivity index is 0.000000381. The van der Waals surface area contributed by atoms with Gasteiger partial charge in [0.05, 0.1) is 16.2 Å². The van der Waals surface area contributed by atoms with Crippen LogP contribution in [-0.2, 0) is 5.54 Å². The van der Waals surface area contributed by atoms with E-state index in [0.717, 1.165) is 43.1 Å². The number of rotatable bonds is 2. The van der Waals surface area contributed by atoms with E-state index in [0.29, 0.717) is 16.3 Å². The predicted octanol–water partition coefficient (Wildman–Crippen LogP) is 6.96. The zero-order valence-electron chi connectivity index (χ0n) is 19.5. The lowest BCUT2D eigenvalue weighted by molar-refractivity contribution is 0.0916. The van der Waals surface area contributed by atoms with Crippen LogP contribution in [0.15, 0.2) is 16.5 Å². The van der Waals surface area contributed by atoms with Gasteiger partial charge in [-0.2, -0.15) is 0 Å². The van der Waals surface area contributed by atoms with Gasteiger partial charge in [0.25, 0.3) is 5.91 Å². The molecule has 1 aliphatic heterocycles. The smallest absolute Gasteiger partial charge is 0.319 e. The number of furan rings is 1. The van der Waals surface area contributed by atoms with Crippen molar-refractivity contribution in [2.24, 2.45) is 0 Å². The first-order valence-corrected chi connectivity index (χ1v) is 12.0. The van der Waals surface area contributed by atoms with E-state index in [4.69, 9.17) is 16.0 Å². The monoisotopic (exact) mass is 483 g/mol. The molecule has 2 heterocycles. The van der Waals surface area contributed by atoms with Gasteiger partial charge in [-0.3, -0.25) is 4.79 Å². The Morgan fingerprint density at radius 2 is 1.73 bits per heavy atom. The molecular weight excluding hydrogens is 452 g/mol. The second-order valence-electron chi connectivity index (χ2n) is 8.84. The van der Waals surface area contributed by atoms with Crippen molar-refractivity contribution in [2.45, 2.75) is 90.1 Å². The maximum atomic E-state index is 12.4. The minimum atomic E-state index is -2.25. The molecule has 2 fully saturated rings. The number of nitrogens with one attached hydrogen (secondary N) is 3. The summed E-state index contributed by atoms with van der Waals surface area (Å²) in [7, 11) is 0. The SMILES string of the molecule is CC.CC(C)NC(=O)c1cc2cc(Cl)c3c(c2o1)C1(CCCCC1)NC(=O)N3.FC1(F)CC1. The molecule has 33 heavy (non-hydrogen) atoms. The molecule has 0 saturated heterocycles. The van der Waals surface area contributed by atoms with Gasteiger partial charge in [0.2, 0.25) is 5.92 Å². The summed E-state index contributed by atoms with van der Waals surface area (Å²) in [5.74, 6) is -2.26. The Labute approximate surface area is 197 Å². The molecule has 1 spiro atoms. The van der Waals surface area contributed by atoms with E-state index in [1.54, 1.807) is 12.1 Å². The zero-order valence-corrected chi connectivity index (χ0v) is 20.3. The molecule has 1 aromatic heterocycles. The van der Waals surface area contributed by atoms with Crippen LogP contribution in [0.2, 0.25) is 5.02 Å². The van der Waals surface area contributed by atoms with Crippen LogP contribution in [0.3, 0.4) is 0 Å². The zero-order chi connectivity index (χ0) is 24.4. The third-order valence-electron chi connectivity index (χ3n) is 5.81. The Morgan fingerprint density at radius 1 is 1.12 bits per heavy atom. The quantitative estimate of drug-likeness (QED) is 0.431. The highest BCUT2D eigenvalue weighted by Crippen LogP contribution is 2.49. The molecule has 6 nitrogen and oxygen atoms in total. The highest BCUT2D eigenvalue weighted by atomic mass is 35.5. The summed E-state index contributed by atoms with van der Waals surface area (Å²) in [5, 5.41) is 10.0. The number of hydrogen-bond acceptors (Lipinski definition) is 3. The van der Waals surface area contributed by atoms with Crippen molar-refractivity contribution in [1.82, 2.24) is 10.6 Å². The van der Waals surface area contributed by atoms with Gasteiger partial charge in [-0.05, 0) is 38.8 Å². The van der Waals surface area contributed by atoms with Crippen LogP contribution in [0.5, 0.6) is 0 Å². The molecule has 0 bridgehead atoms. The molecule has 3 amide bonds. The van der Waals surface area contributed by atoms with Crippen LogP contribution in [0.1, 0.15) is 88.8 Å². The predicted molar refractivity (Wildman–Crippen MR) is 126 cm³/mol. The first-order chi connectivity index (χ1) is 15.6. The van der Waals surface area contributed by atoms with Crippen LogP contribution < -0.4 is 16.0 Å². The molecule has 9 heteroatoms. The van der Waals surface area contributed by atoms with E-state index in [1.165, 1.54) is 0 Å². The minimum absolute atomic E-state index is 0.0128. The summed E-state index contributed by atoms with van der Waals surface area (Å²) in [6.45, 7) is 7.80. The standard InChI is InChI=1S/C19H22ClN3O3.C3H4F2.C2H6/c1-10(2)21-17(24)13-9-11-8-12(20)15-14(16(11)26-13)19(23-18(25)22-15)6-4-3-5-7-19;4-3(5)1-2-3;1-2/h8-10H,3-7H2,1-2H3,(H,21,24)(H2,22,23,25);1-2H2;1-2H3. The number of halogens is 3. The van der Waals surface area contributed by atoms with Crippen molar-refractivity contribution >= 4 is 40.2 Å². The number of alkyl halides is 2. The molecule has 5 rings (SSSR count). The van der Waals surface area contributed by atoms with E-state index in [1.807, 2.05) is 27.7 Å². The summed E-state index contributed by atoms with van der Waals surface area (Å²) in [6.07, 6.45) is 5.09. The number of benzene rings is 1. The first-order valence-electron chi connectivity index (χ1n) is 11.6. The molecule has 3 aliphatic rings. The lowest BCUT2D eigenvalue weighted by atomic mass is 9.74. The van der Waals surface area contributed by atoms with Crippen LogP contribution in [0.4, 0.5) is 19.3 Å². The second-order valence-corrected chi connectivity index (χ2v) is 9.25. The Morgan fingerprint density at radius 3 is 2.27 bits per heavy atom. The fourth-order valence-corrected chi connectivity index (χ4v) is 4.48. The number of urea groups is 1. The third kappa shape index (κ3) is 5.60. The van der Waals surface area contributed by atoms with Gasteiger partial charge in [-0.25, -0.2) is 13.6 Å². The molecule has 0 radical (unpaired) electrons. The lowest BCUT2D eigenvalue weighted by Crippen LogP contribution is -2.52. The van der Waals surface area contributed by atoms with Crippen LogP contribution in [0, 0.1) is 0 Å². The molecule has 0 atom stereocenters. The molecule has 1 aromatic carbocycles. The van der Waals surface area contributed by atoms with Crippen molar-refractivity contribution in [3.63, 3.8) is 0 Å². The lowest BCUT2D eigenvalue weighted by Gasteiger charge is -2.42. The maximum Gasteiger partial charge on any atom is 0.319 e. The summed E-state index contributed by atoms with van der Waals surface area (Å²) in [4.78, 5) is 24.6. The van der Waals surface area contributed by atoms with Crippen LogP contribution in [0.25, 0.3) is 11.0 Å². The van der Waals surface area contributed by atoms with Crippen LogP contribution in [-0.4, -0.2) is 23.9 Å². The van der Waals surface area contributed by atoms with Gasteiger partial charge in [-0.1, -0.05) is 44.7 Å². The number of amides is 3. The molecule has 0 unspecified atom stereocenters.